The number of aryl methyl sites for hydroxylation is 1. The molecule has 21 heavy (non-hydrogen) atoms. The Morgan fingerprint density at radius 3 is 2.71 bits per heavy atom. The van der Waals surface area contributed by atoms with Crippen molar-refractivity contribution in [3.8, 4) is 0 Å². The van der Waals surface area contributed by atoms with Crippen LogP contribution in [0.3, 0.4) is 0 Å². The van der Waals surface area contributed by atoms with Gasteiger partial charge in [0.05, 0.1) is 10.9 Å². The van der Waals surface area contributed by atoms with E-state index in [4.69, 9.17) is 0 Å². The number of carbonyl (C=O) groups excluding carboxylic acids is 1. The molecule has 0 radical (unpaired) electrons. The number of amides is 1. The van der Waals surface area contributed by atoms with Gasteiger partial charge < -0.3 is 5.32 Å². The lowest BCUT2D eigenvalue weighted by molar-refractivity contribution is -0.122. The predicted octanol–water partition coefficient (Wildman–Crippen LogP) is 1.87. The van der Waals surface area contributed by atoms with Gasteiger partial charge in [-0.1, -0.05) is 26.0 Å². The molecule has 0 aliphatic rings. The summed E-state index contributed by atoms with van der Waals surface area (Å²) in [5.41, 5.74) is 0.523. The SMILES string of the molecule is CCc1nc2ccccc2c(=O)n1CC(=O)N[C@H](C)CC. The fraction of sp³-hybridized carbons (Fsp3) is 0.438. The Morgan fingerprint density at radius 2 is 2.05 bits per heavy atom. The van der Waals surface area contributed by atoms with Gasteiger partial charge in [0.25, 0.3) is 5.56 Å². The first kappa shape index (κ1) is 15.2. The number of nitrogens with zero attached hydrogens (tertiary/aromatic N) is 2. The van der Waals surface area contributed by atoms with Crippen LogP contribution in [-0.2, 0) is 17.8 Å². The molecule has 1 aromatic carbocycles. The van der Waals surface area contributed by atoms with Gasteiger partial charge in [-0.3, -0.25) is 14.2 Å². The molecule has 0 saturated carbocycles. The first-order valence-corrected chi connectivity index (χ1v) is 7.34. The Morgan fingerprint density at radius 1 is 1.33 bits per heavy atom. The average molecular weight is 287 g/mol. The summed E-state index contributed by atoms with van der Waals surface area (Å²) >= 11 is 0. The zero-order valence-electron chi connectivity index (χ0n) is 12.7. The van der Waals surface area contributed by atoms with E-state index in [1.807, 2.05) is 32.9 Å². The van der Waals surface area contributed by atoms with Crippen molar-refractivity contribution < 1.29 is 4.79 Å². The predicted molar refractivity (Wildman–Crippen MR) is 83.3 cm³/mol. The molecule has 112 valence electrons. The Bertz CT molecular complexity index is 706. The molecule has 1 aromatic heterocycles. The van der Waals surface area contributed by atoms with Crippen LogP contribution in [0, 0.1) is 0 Å². The molecular weight excluding hydrogens is 266 g/mol. The van der Waals surface area contributed by atoms with Crippen LogP contribution in [0.1, 0.15) is 33.0 Å². The van der Waals surface area contributed by atoms with Gasteiger partial charge in [-0.05, 0) is 25.5 Å². The molecule has 5 heteroatoms. The van der Waals surface area contributed by atoms with E-state index in [9.17, 15) is 9.59 Å². The van der Waals surface area contributed by atoms with Crippen LogP contribution in [-0.4, -0.2) is 21.5 Å². The summed E-state index contributed by atoms with van der Waals surface area (Å²) in [6.07, 6.45) is 1.47. The van der Waals surface area contributed by atoms with Gasteiger partial charge >= 0.3 is 0 Å². The zero-order chi connectivity index (χ0) is 15.4. The maximum Gasteiger partial charge on any atom is 0.261 e. The van der Waals surface area contributed by atoms with Gasteiger partial charge in [-0.2, -0.15) is 0 Å². The number of carbonyl (C=O) groups is 1. The second-order valence-corrected chi connectivity index (χ2v) is 5.17. The molecular formula is C16H21N3O2. The van der Waals surface area contributed by atoms with Crippen LogP contribution in [0.5, 0.6) is 0 Å². The lowest BCUT2D eigenvalue weighted by atomic mass is 10.2. The van der Waals surface area contributed by atoms with Crippen molar-refractivity contribution in [2.24, 2.45) is 0 Å². The van der Waals surface area contributed by atoms with Crippen molar-refractivity contribution in [3.63, 3.8) is 0 Å². The Hall–Kier alpha value is -2.17. The summed E-state index contributed by atoms with van der Waals surface area (Å²) in [6.45, 7) is 5.90. The second kappa shape index (κ2) is 6.52. The summed E-state index contributed by atoms with van der Waals surface area (Å²) in [4.78, 5) is 29.1. The van der Waals surface area contributed by atoms with E-state index in [0.717, 1.165) is 6.42 Å². The van der Waals surface area contributed by atoms with Gasteiger partial charge in [0, 0.05) is 12.5 Å². The summed E-state index contributed by atoms with van der Waals surface area (Å²) in [6, 6.07) is 7.33. The number of fused-ring (bicyclic) bond motifs is 1. The quantitative estimate of drug-likeness (QED) is 0.913. The third-order valence-corrected chi connectivity index (χ3v) is 3.58. The highest BCUT2D eigenvalue weighted by Gasteiger charge is 2.13. The highest BCUT2D eigenvalue weighted by atomic mass is 16.2. The largest absolute Gasteiger partial charge is 0.352 e. The lowest BCUT2D eigenvalue weighted by Gasteiger charge is -2.15. The molecule has 1 amide bonds. The summed E-state index contributed by atoms with van der Waals surface area (Å²) < 4.78 is 1.47. The highest BCUT2D eigenvalue weighted by Crippen LogP contribution is 2.08. The maximum atomic E-state index is 12.5. The minimum Gasteiger partial charge on any atom is -0.352 e. The molecule has 5 nitrogen and oxygen atoms in total. The summed E-state index contributed by atoms with van der Waals surface area (Å²) in [7, 11) is 0. The van der Waals surface area contributed by atoms with Crippen molar-refractivity contribution >= 4 is 16.8 Å². The zero-order valence-corrected chi connectivity index (χ0v) is 12.7. The van der Waals surface area contributed by atoms with Gasteiger partial charge in [-0.25, -0.2) is 4.98 Å². The monoisotopic (exact) mass is 287 g/mol. The van der Waals surface area contributed by atoms with E-state index in [-0.39, 0.29) is 24.1 Å². The number of aromatic nitrogens is 2. The molecule has 2 aromatic rings. The van der Waals surface area contributed by atoms with E-state index in [0.29, 0.717) is 23.1 Å². The first-order valence-electron chi connectivity index (χ1n) is 7.34. The van der Waals surface area contributed by atoms with E-state index in [1.54, 1.807) is 12.1 Å². The molecule has 2 rings (SSSR count). The molecule has 0 unspecified atom stereocenters. The molecule has 0 fully saturated rings. The summed E-state index contributed by atoms with van der Waals surface area (Å²) in [5.74, 6) is 0.483. The van der Waals surface area contributed by atoms with Crippen molar-refractivity contribution in [3.05, 3.63) is 40.4 Å². The third kappa shape index (κ3) is 3.29. The van der Waals surface area contributed by atoms with Crippen LogP contribution in [0.4, 0.5) is 0 Å². The smallest absolute Gasteiger partial charge is 0.261 e. The number of nitrogens with one attached hydrogen (secondary N) is 1. The number of para-hydroxylation sites is 1. The fourth-order valence-electron chi connectivity index (χ4n) is 2.21. The van der Waals surface area contributed by atoms with Crippen LogP contribution >= 0.6 is 0 Å². The fourth-order valence-corrected chi connectivity index (χ4v) is 2.21. The second-order valence-electron chi connectivity index (χ2n) is 5.17. The van der Waals surface area contributed by atoms with Gasteiger partial charge in [0.1, 0.15) is 12.4 Å². The van der Waals surface area contributed by atoms with E-state index >= 15 is 0 Å². The standard InChI is InChI=1S/C16H21N3O2/c1-4-11(3)17-15(20)10-19-14(5-2)18-13-9-7-6-8-12(13)16(19)21/h6-9,11H,4-5,10H2,1-3H3,(H,17,20)/t11-/m1/s1. The van der Waals surface area contributed by atoms with Gasteiger partial charge in [-0.15, -0.1) is 0 Å². The Balaban J connectivity index is 2.40. The topological polar surface area (TPSA) is 64.0 Å². The molecule has 1 heterocycles. The molecule has 1 atom stereocenters. The Kier molecular flexibility index (Phi) is 4.73. The molecule has 0 spiro atoms. The van der Waals surface area contributed by atoms with E-state index in [2.05, 4.69) is 10.3 Å². The van der Waals surface area contributed by atoms with Crippen LogP contribution in [0.2, 0.25) is 0 Å². The minimum atomic E-state index is -0.156. The molecule has 1 N–H and O–H groups in total. The highest BCUT2D eigenvalue weighted by molar-refractivity contribution is 5.79. The van der Waals surface area contributed by atoms with Crippen LogP contribution in [0.15, 0.2) is 29.1 Å². The van der Waals surface area contributed by atoms with Crippen molar-refractivity contribution in [2.75, 3.05) is 0 Å². The lowest BCUT2D eigenvalue weighted by Crippen LogP contribution is -2.38. The maximum absolute atomic E-state index is 12.5. The van der Waals surface area contributed by atoms with Crippen LogP contribution < -0.4 is 10.9 Å². The number of benzene rings is 1. The molecule has 0 aliphatic carbocycles. The van der Waals surface area contributed by atoms with Crippen molar-refractivity contribution in [1.82, 2.24) is 14.9 Å². The van der Waals surface area contributed by atoms with E-state index < -0.39 is 0 Å². The van der Waals surface area contributed by atoms with Crippen molar-refractivity contribution in [1.29, 1.82) is 0 Å². The van der Waals surface area contributed by atoms with E-state index in [1.165, 1.54) is 4.57 Å². The third-order valence-electron chi connectivity index (χ3n) is 3.58. The number of hydrogen-bond acceptors (Lipinski definition) is 3. The average Bonchev–Trinajstić information content (AvgIpc) is 2.49. The molecule has 0 saturated heterocycles. The molecule has 0 aliphatic heterocycles. The Labute approximate surface area is 124 Å². The van der Waals surface area contributed by atoms with Gasteiger partial charge in [0.15, 0.2) is 0 Å². The van der Waals surface area contributed by atoms with Crippen LogP contribution in [0.25, 0.3) is 10.9 Å². The number of hydrogen-bond donors (Lipinski definition) is 1. The van der Waals surface area contributed by atoms with Crippen molar-refractivity contribution in [2.45, 2.75) is 46.2 Å². The van der Waals surface area contributed by atoms with Gasteiger partial charge in [0.2, 0.25) is 5.91 Å². The first-order chi connectivity index (χ1) is 10.1. The molecule has 0 bridgehead atoms. The normalized spacial score (nSPS) is 12.3. The number of rotatable bonds is 5. The summed E-state index contributed by atoms with van der Waals surface area (Å²) in [5, 5.41) is 3.43. The minimum absolute atomic E-state index is 0.0180.